The van der Waals surface area contributed by atoms with Crippen molar-refractivity contribution in [2.24, 2.45) is 0 Å². The van der Waals surface area contributed by atoms with Crippen LogP contribution in [0.15, 0.2) is 47.1 Å². The van der Waals surface area contributed by atoms with Crippen LogP contribution in [0.1, 0.15) is 5.69 Å². The first-order valence-electron chi connectivity index (χ1n) is 4.74. The SMILES string of the molecule is Fc1ccc(OCc2cccc(Br)n2)cc1. The highest BCUT2D eigenvalue weighted by Crippen LogP contribution is 2.13. The molecule has 0 N–H and O–H groups in total. The lowest BCUT2D eigenvalue weighted by molar-refractivity contribution is 0.300. The zero-order valence-electron chi connectivity index (χ0n) is 8.36. The Morgan fingerprint density at radius 3 is 2.56 bits per heavy atom. The number of ether oxygens (including phenoxy) is 1. The van der Waals surface area contributed by atoms with E-state index in [1.807, 2.05) is 18.2 Å². The largest absolute Gasteiger partial charge is 0.487 e. The number of pyridine rings is 1. The molecule has 0 saturated carbocycles. The fourth-order valence-corrected chi connectivity index (χ4v) is 1.60. The van der Waals surface area contributed by atoms with Crippen LogP contribution in [0.5, 0.6) is 5.75 Å². The van der Waals surface area contributed by atoms with Gasteiger partial charge in [-0.05, 0) is 52.3 Å². The highest BCUT2D eigenvalue weighted by molar-refractivity contribution is 9.10. The Kier molecular flexibility index (Phi) is 3.51. The number of hydrogen-bond donors (Lipinski definition) is 0. The fraction of sp³-hybridized carbons (Fsp3) is 0.0833. The van der Waals surface area contributed by atoms with Gasteiger partial charge in [-0.1, -0.05) is 6.07 Å². The van der Waals surface area contributed by atoms with Crippen molar-refractivity contribution < 1.29 is 9.13 Å². The molecule has 0 saturated heterocycles. The highest BCUT2D eigenvalue weighted by atomic mass is 79.9. The van der Waals surface area contributed by atoms with Crippen molar-refractivity contribution in [2.75, 3.05) is 0 Å². The van der Waals surface area contributed by atoms with E-state index in [4.69, 9.17) is 4.74 Å². The van der Waals surface area contributed by atoms with Crippen molar-refractivity contribution in [1.29, 1.82) is 0 Å². The van der Waals surface area contributed by atoms with E-state index in [0.717, 1.165) is 10.3 Å². The smallest absolute Gasteiger partial charge is 0.130 e. The summed E-state index contributed by atoms with van der Waals surface area (Å²) < 4.78 is 18.9. The Morgan fingerprint density at radius 2 is 1.88 bits per heavy atom. The van der Waals surface area contributed by atoms with E-state index >= 15 is 0 Å². The molecular formula is C12H9BrFNO. The molecule has 0 bridgehead atoms. The predicted octanol–water partition coefficient (Wildman–Crippen LogP) is 3.56. The van der Waals surface area contributed by atoms with E-state index in [1.165, 1.54) is 12.1 Å². The average Bonchev–Trinajstić information content (AvgIpc) is 2.28. The van der Waals surface area contributed by atoms with E-state index in [0.29, 0.717) is 12.4 Å². The molecule has 0 atom stereocenters. The Balaban J connectivity index is 1.99. The van der Waals surface area contributed by atoms with Crippen LogP contribution in [0.25, 0.3) is 0 Å². The summed E-state index contributed by atoms with van der Waals surface area (Å²) in [6, 6.07) is 11.5. The minimum atomic E-state index is -0.270. The maximum atomic E-state index is 12.6. The Morgan fingerprint density at radius 1 is 1.12 bits per heavy atom. The van der Waals surface area contributed by atoms with Gasteiger partial charge in [-0.15, -0.1) is 0 Å². The standard InChI is InChI=1S/C12H9BrFNO/c13-12-3-1-2-10(15-12)8-16-11-6-4-9(14)5-7-11/h1-7H,8H2. The number of nitrogens with zero attached hydrogens (tertiary/aromatic N) is 1. The first-order chi connectivity index (χ1) is 7.74. The van der Waals surface area contributed by atoms with Crippen molar-refractivity contribution in [3.05, 3.63) is 58.6 Å². The van der Waals surface area contributed by atoms with Crippen LogP contribution in [0.3, 0.4) is 0 Å². The summed E-state index contributed by atoms with van der Waals surface area (Å²) in [5.41, 5.74) is 0.818. The molecule has 2 aromatic rings. The fourth-order valence-electron chi connectivity index (χ4n) is 1.22. The van der Waals surface area contributed by atoms with Gasteiger partial charge in [-0.2, -0.15) is 0 Å². The van der Waals surface area contributed by atoms with E-state index in [2.05, 4.69) is 20.9 Å². The van der Waals surface area contributed by atoms with E-state index in [9.17, 15) is 4.39 Å². The molecular weight excluding hydrogens is 273 g/mol. The lowest BCUT2D eigenvalue weighted by Gasteiger charge is -2.05. The summed E-state index contributed by atoms with van der Waals surface area (Å²) in [6.45, 7) is 0.366. The summed E-state index contributed by atoms with van der Waals surface area (Å²) in [5, 5.41) is 0. The molecule has 0 spiro atoms. The quantitative estimate of drug-likeness (QED) is 0.803. The van der Waals surface area contributed by atoms with Gasteiger partial charge in [0.1, 0.15) is 22.8 Å². The van der Waals surface area contributed by atoms with Crippen LogP contribution in [-0.2, 0) is 6.61 Å². The summed E-state index contributed by atoms with van der Waals surface area (Å²) in [5.74, 6) is 0.358. The van der Waals surface area contributed by atoms with Crippen molar-refractivity contribution in [1.82, 2.24) is 4.98 Å². The number of aromatic nitrogens is 1. The van der Waals surface area contributed by atoms with Crippen LogP contribution in [0, 0.1) is 5.82 Å². The normalized spacial score (nSPS) is 10.1. The van der Waals surface area contributed by atoms with Gasteiger partial charge >= 0.3 is 0 Å². The summed E-state index contributed by atoms with van der Waals surface area (Å²) in [7, 11) is 0. The lowest BCUT2D eigenvalue weighted by Crippen LogP contribution is -1.98. The Hall–Kier alpha value is -1.42. The van der Waals surface area contributed by atoms with E-state index < -0.39 is 0 Å². The highest BCUT2D eigenvalue weighted by Gasteiger charge is 1.98. The van der Waals surface area contributed by atoms with Crippen molar-refractivity contribution in [2.45, 2.75) is 6.61 Å². The van der Waals surface area contributed by atoms with Gasteiger partial charge in [0, 0.05) is 0 Å². The van der Waals surface area contributed by atoms with Gasteiger partial charge < -0.3 is 4.74 Å². The van der Waals surface area contributed by atoms with Gasteiger partial charge in [0.05, 0.1) is 5.69 Å². The van der Waals surface area contributed by atoms with Gasteiger partial charge in [-0.25, -0.2) is 9.37 Å². The topological polar surface area (TPSA) is 22.1 Å². The Labute approximate surface area is 101 Å². The molecule has 0 fully saturated rings. The summed E-state index contributed by atoms with van der Waals surface area (Å²) in [4.78, 5) is 4.22. The van der Waals surface area contributed by atoms with Crippen LogP contribution in [0.2, 0.25) is 0 Å². The number of halogens is 2. The van der Waals surface area contributed by atoms with Crippen molar-refractivity contribution in [3.8, 4) is 5.75 Å². The maximum absolute atomic E-state index is 12.6. The van der Waals surface area contributed by atoms with Gasteiger partial charge in [0.15, 0.2) is 0 Å². The maximum Gasteiger partial charge on any atom is 0.130 e. The molecule has 2 nitrogen and oxygen atoms in total. The molecule has 0 aliphatic carbocycles. The zero-order valence-corrected chi connectivity index (χ0v) is 9.95. The minimum Gasteiger partial charge on any atom is -0.487 e. The molecule has 0 aliphatic heterocycles. The first kappa shape index (κ1) is 11.1. The van der Waals surface area contributed by atoms with Crippen molar-refractivity contribution in [3.63, 3.8) is 0 Å². The first-order valence-corrected chi connectivity index (χ1v) is 5.53. The zero-order chi connectivity index (χ0) is 11.4. The predicted molar refractivity (Wildman–Crippen MR) is 62.7 cm³/mol. The third-order valence-electron chi connectivity index (χ3n) is 1.97. The van der Waals surface area contributed by atoms with Gasteiger partial charge in [0.25, 0.3) is 0 Å². The Bertz CT molecular complexity index is 473. The third-order valence-corrected chi connectivity index (χ3v) is 2.41. The van der Waals surface area contributed by atoms with Crippen LogP contribution >= 0.6 is 15.9 Å². The summed E-state index contributed by atoms with van der Waals surface area (Å²) in [6.07, 6.45) is 0. The second-order valence-corrected chi connectivity index (χ2v) is 4.01. The second kappa shape index (κ2) is 5.07. The molecule has 1 aromatic carbocycles. The summed E-state index contributed by atoms with van der Waals surface area (Å²) >= 11 is 3.28. The number of rotatable bonds is 3. The second-order valence-electron chi connectivity index (χ2n) is 3.19. The van der Waals surface area contributed by atoms with E-state index in [-0.39, 0.29) is 5.82 Å². The third kappa shape index (κ3) is 3.03. The molecule has 0 unspecified atom stereocenters. The molecule has 1 aromatic heterocycles. The molecule has 2 rings (SSSR count). The molecule has 0 amide bonds. The molecule has 4 heteroatoms. The lowest BCUT2D eigenvalue weighted by atomic mass is 10.3. The van der Waals surface area contributed by atoms with Crippen molar-refractivity contribution >= 4 is 15.9 Å². The van der Waals surface area contributed by atoms with Crippen LogP contribution in [0.4, 0.5) is 4.39 Å². The van der Waals surface area contributed by atoms with Gasteiger partial charge in [-0.3, -0.25) is 0 Å². The molecule has 82 valence electrons. The van der Waals surface area contributed by atoms with Gasteiger partial charge in [0.2, 0.25) is 0 Å². The average molecular weight is 282 g/mol. The molecule has 0 radical (unpaired) electrons. The van der Waals surface area contributed by atoms with E-state index in [1.54, 1.807) is 12.1 Å². The number of hydrogen-bond acceptors (Lipinski definition) is 2. The molecule has 0 aliphatic rings. The van der Waals surface area contributed by atoms with Crippen LogP contribution in [-0.4, -0.2) is 4.98 Å². The minimum absolute atomic E-state index is 0.270. The molecule has 1 heterocycles. The molecule has 16 heavy (non-hydrogen) atoms. The number of benzene rings is 1. The monoisotopic (exact) mass is 281 g/mol. The van der Waals surface area contributed by atoms with Crippen LogP contribution < -0.4 is 4.74 Å².